The van der Waals surface area contributed by atoms with Crippen LogP contribution in [-0.2, 0) is 11.2 Å². The van der Waals surface area contributed by atoms with Crippen molar-refractivity contribution in [2.45, 2.75) is 32.2 Å². The molecule has 1 saturated carbocycles. The van der Waals surface area contributed by atoms with Gasteiger partial charge in [-0.3, -0.25) is 4.79 Å². The summed E-state index contributed by atoms with van der Waals surface area (Å²) in [6.45, 7) is 1.99. The number of para-hydroxylation sites is 1. The molecule has 1 aromatic carbocycles. The van der Waals surface area contributed by atoms with E-state index in [9.17, 15) is 4.79 Å². The van der Waals surface area contributed by atoms with Crippen LogP contribution in [0.1, 0.15) is 35.1 Å². The zero-order valence-electron chi connectivity index (χ0n) is 12.8. The summed E-state index contributed by atoms with van der Waals surface area (Å²) < 4.78 is 5.31. The van der Waals surface area contributed by atoms with Gasteiger partial charge in [0.1, 0.15) is 10.8 Å². The molecule has 0 spiro atoms. The van der Waals surface area contributed by atoms with Crippen molar-refractivity contribution in [2.24, 2.45) is 5.92 Å². The maximum Gasteiger partial charge on any atom is 0.225 e. The minimum atomic E-state index is 0.0225. The molecule has 1 amide bonds. The molecule has 1 heterocycles. The van der Waals surface area contributed by atoms with Gasteiger partial charge in [0.05, 0.1) is 19.6 Å². The molecule has 0 aliphatic heterocycles. The van der Waals surface area contributed by atoms with Crippen molar-refractivity contribution in [3.63, 3.8) is 0 Å². The number of rotatable bonds is 6. The predicted molar refractivity (Wildman–Crippen MR) is 87.2 cm³/mol. The van der Waals surface area contributed by atoms with Gasteiger partial charge < -0.3 is 10.1 Å². The van der Waals surface area contributed by atoms with Gasteiger partial charge in [-0.15, -0.1) is 11.3 Å². The number of methoxy groups -OCH3 is 1. The Bertz CT molecular complexity index is 664. The molecule has 1 N–H and O–H groups in total. The number of hydrogen-bond acceptors (Lipinski definition) is 4. The third-order valence-corrected chi connectivity index (χ3v) is 4.90. The van der Waals surface area contributed by atoms with E-state index in [0.717, 1.165) is 34.9 Å². The van der Waals surface area contributed by atoms with Crippen LogP contribution < -0.4 is 10.1 Å². The summed E-state index contributed by atoms with van der Waals surface area (Å²) in [6.07, 6.45) is 2.66. The summed E-state index contributed by atoms with van der Waals surface area (Å²) >= 11 is 1.63. The lowest BCUT2D eigenvalue weighted by Gasteiger charge is -2.16. The average Bonchev–Trinajstić information content (AvgIpc) is 3.27. The van der Waals surface area contributed by atoms with E-state index in [-0.39, 0.29) is 11.9 Å². The molecule has 1 aromatic heterocycles. The first-order valence-corrected chi connectivity index (χ1v) is 8.38. The predicted octanol–water partition coefficient (Wildman–Crippen LogP) is 3.27. The van der Waals surface area contributed by atoms with Crippen molar-refractivity contribution in [3.05, 3.63) is 45.9 Å². The van der Waals surface area contributed by atoms with E-state index in [2.05, 4.69) is 10.3 Å². The van der Waals surface area contributed by atoms with E-state index in [1.807, 2.05) is 36.6 Å². The van der Waals surface area contributed by atoms with Crippen molar-refractivity contribution in [1.29, 1.82) is 0 Å². The van der Waals surface area contributed by atoms with E-state index in [1.165, 1.54) is 0 Å². The van der Waals surface area contributed by atoms with E-state index in [4.69, 9.17) is 4.74 Å². The molecule has 1 atom stereocenters. The van der Waals surface area contributed by atoms with Crippen LogP contribution in [0.5, 0.6) is 5.75 Å². The molecular formula is C17H20N2O2S. The van der Waals surface area contributed by atoms with Crippen molar-refractivity contribution in [3.8, 4) is 5.75 Å². The second-order valence-electron chi connectivity index (χ2n) is 5.70. The monoisotopic (exact) mass is 316 g/mol. The Morgan fingerprint density at radius 2 is 2.23 bits per heavy atom. The summed E-state index contributed by atoms with van der Waals surface area (Å²) in [7, 11) is 1.63. The van der Waals surface area contributed by atoms with E-state index >= 15 is 0 Å². The fourth-order valence-corrected chi connectivity index (χ4v) is 3.51. The van der Waals surface area contributed by atoms with Crippen molar-refractivity contribution in [1.82, 2.24) is 10.3 Å². The molecular weight excluding hydrogens is 296 g/mol. The summed E-state index contributed by atoms with van der Waals surface area (Å²) in [5.74, 6) is 1.31. The third kappa shape index (κ3) is 3.47. The Labute approximate surface area is 134 Å². The van der Waals surface area contributed by atoms with Crippen LogP contribution >= 0.6 is 11.3 Å². The zero-order chi connectivity index (χ0) is 15.5. The summed E-state index contributed by atoms with van der Waals surface area (Å²) in [6, 6.07) is 7.70. The van der Waals surface area contributed by atoms with Gasteiger partial charge in [0.25, 0.3) is 0 Å². The third-order valence-electron chi connectivity index (χ3n) is 3.86. The fraction of sp³-hybridized carbons (Fsp3) is 0.412. The molecule has 1 fully saturated rings. The minimum Gasteiger partial charge on any atom is -0.496 e. The largest absolute Gasteiger partial charge is 0.496 e. The summed E-state index contributed by atoms with van der Waals surface area (Å²) in [5, 5.41) is 6.22. The number of thiazole rings is 1. The highest BCUT2D eigenvalue weighted by Gasteiger charge is 2.35. The lowest BCUT2D eigenvalue weighted by Crippen LogP contribution is -2.31. The van der Waals surface area contributed by atoms with Gasteiger partial charge in [-0.2, -0.15) is 0 Å². The number of carbonyl (C=O) groups excluding carboxylic acids is 1. The number of hydrogen-bond donors (Lipinski definition) is 1. The van der Waals surface area contributed by atoms with Gasteiger partial charge in [0, 0.05) is 16.6 Å². The number of carbonyl (C=O) groups is 1. The average molecular weight is 316 g/mol. The van der Waals surface area contributed by atoms with Crippen LogP contribution in [0.15, 0.2) is 29.6 Å². The molecule has 1 aliphatic carbocycles. The molecule has 3 rings (SSSR count). The lowest BCUT2D eigenvalue weighted by molar-refractivity contribution is -0.121. The zero-order valence-corrected chi connectivity index (χ0v) is 13.7. The molecule has 0 saturated heterocycles. The minimum absolute atomic E-state index is 0.0225. The Morgan fingerprint density at radius 1 is 1.45 bits per heavy atom. The van der Waals surface area contributed by atoms with Gasteiger partial charge in [0.2, 0.25) is 5.91 Å². The molecule has 1 unspecified atom stereocenters. The first-order valence-electron chi connectivity index (χ1n) is 7.50. The number of ether oxygens (including phenoxy) is 1. The fourth-order valence-electron chi connectivity index (χ4n) is 2.57. The summed E-state index contributed by atoms with van der Waals surface area (Å²) in [4.78, 5) is 17.0. The van der Waals surface area contributed by atoms with Crippen LogP contribution in [0.25, 0.3) is 0 Å². The van der Waals surface area contributed by atoms with Crippen molar-refractivity contribution in [2.75, 3.05) is 7.11 Å². The first-order chi connectivity index (χ1) is 10.7. The van der Waals surface area contributed by atoms with E-state index in [1.54, 1.807) is 18.4 Å². The maximum absolute atomic E-state index is 12.4. The van der Waals surface area contributed by atoms with Gasteiger partial charge in [-0.05, 0) is 31.7 Å². The number of nitrogens with one attached hydrogen (secondary N) is 1. The Morgan fingerprint density at radius 3 is 2.86 bits per heavy atom. The highest BCUT2D eigenvalue weighted by Crippen LogP contribution is 2.41. The molecule has 22 heavy (non-hydrogen) atoms. The van der Waals surface area contributed by atoms with Crippen LogP contribution in [0.4, 0.5) is 0 Å². The van der Waals surface area contributed by atoms with E-state index in [0.29, 0.717) is 12.3 Å². The standard InChI is InChI=1S/C17H20N2O2S/c1-11-10-22-17(18-11)16(12-7-8-12)19-15(20)9-13-5-3-4-6-14(13)21-2/h3-6,10,12,16H,7-9H2,1-2H3,(H,19,20). The molecule has 116 valence electrons. The molecule has 0 radical (unpaired) electrons. The highest BCUT2D eigenvalue weighted by molar-refractivity contribution is 7.09. The SMILES string of the molecule is COc1ccccc1CC(=O)NC(c1nc(C)cs1)C1CC1. The first kappa shape index (κ1) is 15.0. The lowest BCUT2D eigenvalue weighted by atomic mass is 10.1. The quantitative estimate of drug-likeness (QED) is 0.890. The van der Waals surface area contributed by atoms with Crippen molar-refractivity contribution < 1.29 is 9.53 Å². The Balaban J connectivity index is 1.69. The molecule has 0 bridgehead atoms. The maximum atomic E-state index is 12.4. The number of benzene rings is 1. The van der Waals surface area contributed by atoms with Gasteiger partial charge in [0.15, 0.2) is 0 Å². The topological polar surface area (TPSA) is 51.2 Å². The smallest absolute Gasteiger partial charge is 0.225 e. The van der Waals surface area contributed by atoms with Gasteiger partial charge in [-0.25, -0.2) is 4.98 Å². The van der Waals surface area contributed by atoms with Crippen LogP contribution in [0, 0.1) is 12.8 Å². The number of nitrogens with zero attached hydrogens (tertiary/aromatic N) is 1. The van der Waals surface area contributed by atoms with E-state index < -0.39 is 0 Å². The van der Waals surface area contributed by atoms with Crippen LogP contribution in [0.3, 0.4) is 0 Å². The molecule has 2 aromatic rings. The van der Waals surface area contributed by atoms with Crippen LogP contribution in [-0.4, -0.2) is 18.0 Å². The second kappa shape index (κ2) is 6.48. The second-order valence-corrected chi connectivity index (χ2v) is 6.59. The number of aryl methyl sites for hydroxylation is 1. The van der Waals surface area contributed by atoms with Gasteiger partial charge in [-0.1, -0.05) is 18.2 Å². The summed E-state index contributed by atoms with van der Waals surface area (Å²) in [5.41, 5.74) is 1.93. The van der Waals surface area contributed by atoms with Gasteiger partial charge >= 0.3 is 0 Å². The number of aromatic nitrogens is 1. The van der Waals surface area contributed by atoms with Crippen LogP contribution in [0.2, 0.25) is 0 Å². The molecule has 5 heteroatoms. The number of amides is 1. The Hall–Kier alpha value is -1.88. The molecule has 4 nitrogen and oxygen atoms in total. The molecule has 1 aliphatic rings. The highest BCUT2D eigenvalue weighted by atomic mass is 32.1. The normalized spacial score (nSPS) is 15.4. The van der Waals surface area contributed by atoms with Crippen molar-refractivity contribution >= 4 is 17.2 Å². The Kier molecular flexibility index (Phi) is 4.43.